The minimum absolute atomic E-state index is 0.0690. The van der Waals surface area contributed by atoms with Crippen molar-refractivity contribution in [3.63, 3.8) is 0 Å². The summed E-state index contributed by atoms with van der Waals surface area (Å²) in [5, 5.41) is 25.2. The number of aromatic nitrogens is 1. The summed E-state index contributed by atoms with van der Waals surface area (Å²) in [6.07, 6.45) is 2.94. The van der Waals surface area contributed by atoms with Gasteiger partial charge in [0, 0.05) is 54.7 Å². The number of halogens is 2. The lowest BCUT2D eigenvalue weighted by atomic mass is 9.44. The molecule has 312 valence electrons. The summed E-state index contributed by atoms with van der Waals surface area (Å²) in [5.74, 6) is -3.87. The molecule has 2 aromatic rings. The third-order valence-electron chi connectivity index (χ3n) is 14.5. The van der Waals surface area contributed by atoms with Crippen molar-refractivity contribution < 1.29 is 52.4 Å². The Kier molecular flexibility index (Phi) is 9.79. The Morgan fingerprint density at radius 1 is 1.12 bits per heavy atom. The van der Waals surface area contributed by atoms with E-state index in [1.807, 2.05) is 11.8 Å². The number of nitrogens with zero attached hydrogens (tertiary/aromatic N) is 2. The number of carbonyl (C=O) groups is 4. The second kappa shape index (κ2) is 14.1. The highest BCUT2D eigenvalue weighted by atomic mass is 19.1. The van der Waals surface area contributed by atoms with Crippen LogP contribution in [0.3, 0.4) is 0 Å². The highest BCUT2D eigenvalue weighted by molar-refractivity contribution is 6.04. The molecular formula is C43H51F2N3O10. The van der Waals surface area contributed by atoms with Gasteiger partial charge in [-0.25, -0.2) is 13.6 Å². The van der Waals surface area contributed by atoms with Crippen molar-refractivity contribution >= 4 is 40.1 Å². The molecular weight excluding hydrogens is 756 g/mol. The molecule has 13 nitrogen and oxygen atoms in total. The molecule has 1 aromatic heterocycles. The summed E-state index contributed by atoms with van der Waals surface area (Å²) in [6.45, 7) is 7.18. The fourth-order valence-electron chi connectivity index (χ4n) is 11.5. The Hall–Kier alpha value is -4.47. The number of alkyl halides is 1. The van der Waals surface area contributed by atoms with E-state index in [2.05, 4.69) is 5.32 Å². The van der Waals surface area contributed by atoms with Crippen molar-refractivity contribution in [1.82, 2.24) is 9.88 Å². The highest BCUT2D eigenvalue weighted by Gasteiger charge is 2.75. The number of rotatable bonds is 9. The Bertz CT molecular complexity index is 2240. The Labute approximate surface area is 334 Å². The van der Waals surface area contributed by atoms with Crippen molar-refractivity contribution in [2.45, 2.75) is 108 Å². The molecule has 1 saturated heterocycles. The summed E-state index contributed by atoms with van der Waals surface area (Å²) in [5.41, 5.74) is -6.83. The molecule has 0 bridgehead atoms. The van der Waals surface area contributed by atoms with Gasteiger partial charge in [-0.1, -0.05) is 18.6 Å². The average molecular weight is 808 g/mol. The van der Waals surface area contributed by atoms with Gasteiger partial charge in [-0.3, -0.25) is 19.2 Å². The zero-order valence-corrected chi connectivity index (χ0v) is 33.4. The molecule has 0 radical (unpaired) electrons. The van der Waals surface area contributed by atoms with Crippen LogP contribution in [0.25, 0.3) is 10.9 Å². The van der Waals surface area contributed by atoms with Crippen LogP contribution in [0, 0.1) is 28.5 Å². The van der Waals surface area contributed by atoms with E-state index in [4.69, 9.17) is 14.2 Å². The van der Waals surface area contributed by atoms with E-state index in [-0.39, 0.29) is 65.9 Å². The first-order chi connectivity index (χ1) is 27.4. The Morgan fingerprint density at radius 2 is 1.86 bits per heavy atom. The molecule has 2 heterocycles. The van der Waals surface area contributed by atoms with E-state index in [0.717, 1.165) is 18.9 Å². The van der Waals surface area contributed by atoms with E-state index in [0.29, 0.717) is 37.1 Å². The first-order valence-corrected chi connectivity index (χ1v) is 20.3. The maximum Gasteiger partial charge on any atom is 0.510 e. The largest absolute Gasteiger partial charge is 0.510 e. The topological polar surface area (TPSA) is 174 Å². The molecule has 58 heavy (non-hydrogen) atoms. The SMILES string of the molecule is COc1c(N2CCNC(C)C2)c(F)cc2c(=O)c(C(=O)C(C)OC(=O)O[C@]3(C(=O)CO)CC[C@H]4C5CCC6=CC(=O)C=C[C@]6(C)[C@@]5(F)[C@@H](O)C[C@@]43C)cn(C3CC3)c12. The lowest BCUT2D eigenvalue weighted by Gasteiger charge is -2.62. The number of aliphatic hydroxyl groups is 2. The van der Waals surface area contributed by atoms with Gasteiger partial charge in [0.15, 0.2) is 34.7 Å². The second-order valence-corrected chi connectivity index (χ2v) is 17.6. The van der Waals surface area contributed by atoms with E-state index < -0.39 is 81.7 Å². The van der Waals surface area contributed by atoms with E-state index in [1.165, 1.54) is 38.5 Å². The standard InChI is InChI=1S/C43H51F2N3O10/c1-22-19-47(15-14-46-22)35-31(44)17-27-34(38(35)56-5)48(25-7-8-25)20-28(37(27)54)36(53)23(2)57-39(55)58-42(33(52)21-49)13-11-29-30-9-6-24-16-26(50)10-12-40(24,3)43(30,45)32(51)18-41(29,42)4/h10,12,16-17,20,22-23,25,29-30,32,46,49,51H,6-9,11,13-15,18-19,21H2,1-5H3/t22?,23?,29-,30?,32-,40-,41-,42-,43-/m0/s1. The number of carbonyl (C=O) groups excluding carboxylic acids is 4. The van der Waals surface area contributed by atoms with Crippen LogP contribution < -0.4 is 20.4 Å². The monoisotopic (exact) mass is 807 g/mol. The molecule has 5 fully saturated rings. The summed E-state index contributed by atoms with van der Waals surface area (Å²) in [6, 6.07) is 1.11. The number of pyridine rings is 1. The summed E-state index contributed by atoms with van der Waals surface area (Å²) >= 11 is 0. The van der Waals surface area contributed by atoms with Crippen molar-refractivity contribution in [2.75, 3.05) is 38.3 Å². The predicted octanol–water partition coefficient (Wildman–Crippen LogP) is 4.68. The summed E-state index contributed by atoms with van der Waals surface area (Å²) in [4.78, 5) is 69.7. The molecule has 5 aliphatic carbocycles. The van der Waals surface area contributed by atoms with E-state index >= 15 is 8.78 Å². The van der Waals surface area contributed by atoms with Gasteiger partial charge in [0.25, 0.3) is 0 Å². The second-order valence-electron chi connectivity index (χ2n) is 17.6. The zero-order valence-electron chi connectivity index (χ0n) is 33.4. The van der Waals surface area contributed by atoms with Crippen LogP contribution in [0.1, 0.15) is 89.0 Å². The van der Waals surface area contributed by atoms with Gasteiger partial charge in [-0.05, 0) is 89.9 Å². The summed E-state index contributed by atoms with van der Waals surface area (Å²) in [7, 11) is 1.41. The molecule has 8 rings (SSSR count). The minimum Gasteiger partial charge on any atom is -0.492 e. The van der Waals surface area contributed by atoms with Crippen LogP contribution in [-0.2, 0) is 19.1 Å². The third-order valence-corrected chi connectivity index (χ3v) is 14.5. The number of ketones is 3. The number of aliphatic hydroxyl groups excluding tert-OH is 2. The van der Waals surface area contributed by atoms with E-state index in [1.54, 1.807) is 18.4 Å². The van der Waals surface area contributed by atoms with Gasteiger partial charge in [0.05, 0.1) is 29.7 Å². The van der Waals surface area contributed by atoms with Gasteiger partial charge in [0.1, 0.15) is 12.3 Å². The number of hydrogen-bond donors (Lipinski definition) is 3. The number of allylic oxidation sites excluding steroid dienone is 4. The van der Waals surface area contributed by atoms with Gasteiger partial charge < -0.3 is 39.2 Å². The molecule has 1 aliphatic heterocycles. The van der Waals surface area contributed by atoms with Crippen molar-refractivity contribution in [3.05, 3.63) is 57.7 Å². The number of nitrogens with one attached hydrogen (secondary N) is 1. The van der Waals surface area contributed by atoms with Crippen molar-refractivity contribution in [3.8, 4) is 5.75 Å². The van der Waals surface area contributed by atoms with Gasteiger partial charge in [0.2, 0.25) is 17.0 Å². The zero-order chi connectivity index (χ0) is 41.7. The van der Waals surface area contributed by atoms with Crippen molar-refractivity contribution in [2.24, 2.45) is 22.7 Å². The number of hydrogen-bond acceptors (Lipinski definition) is 12. The van der Waals surface area contributed by atoms with Crippen molar-refractivity contribution in [1.29, 1.82) is 0 Å². The molecule has 4 saturated carbocycles. The molecule has 6 aliphatic rings. The Balaban J connectivity index is 1.08. The van der Waals surface area contributed by atoms with Crippen LogP contribution in [0.4, 0.5) is 19.3 Å². The quantitative estimate of drug-likeness (QED) is 0.236. The van der Waals surface area contributed by atoms with Crippen LogP contribution in [0.15, 0.2) is 40.9 Å². The number of piperazine rings is 1. The fraction of sp³-hybridized carbons (Fsp3) is 0.605. The molecule has 0 spiro atoms. The first kappa shape index (κ1) is 40.3. The number of fused-ring (bicyclic) bond motifs is 6. The predicted molar refractivity (Wildman–Crippen MR) is 207 cm³/mol. The lowest BCUT2D eigenvalue weighted by molar-refractivity contribution is -0.219. The van der Waals surface area contributed by atoms with E-state index in [9.17, 15) is 34.2 Å². The van der Waals surface area contributed by atoms with Gasteiger partial charge >= 0.3 is 6.16 Å². The van der Waals surface area contributed by atoms with Crippen LogP contribution in [0.2, 0.25) is 0 Å². The summed E-state index contributed by atoms with van der Waals surface area (Å²) < 4.78 is 52.6. The number of benzene rings is 1. The number of anilines is 1. The number of methoxy groups -OCH3 is 1. The number of ether oxygens (including phenoxy) is 3. The molecule has 0 amide bonds. The molecule has 3 N–H and O–H groups in total. The maximum atomic E-state index is 17.7. The van der Waals surface area contributed by atoms with Crippen LogP contribution in [-0.4, -0.2) is 101 Å². The van der Waals surface area contributed by atoms with Crippen LogP contribution >= 0.6 is 0 Å². The molecule has 3 unspecified atom stereocenters. The fourth-order valence-corrected chi connectivity index (χ4v) is 11.5. The van der Waals surface area contributed by atoms with Gasteiger partial charge in [-0.2, -0.15) is 0 Å². The lowest BCUT2D eigenvalue weighted by Crippen LogP contribution is -2.69. The molecule has 15 heteroatoms. The normalized spacial score (nSPS) is 34.7. The molecule has 9 atom stereocenters. The van der Waals surface area contributed by atoms with Gasteiger partial charge in [-0.15, -0.1) is 0 Å². The Morgan fingerprint density at radius 3 is 2.53 bits per heavy atom. The smallest absolute Gasteiger partial charge is 0.492 e. The highest BCUT2D eigenvalue weighted by Crippen LogP contribution is 2.70. The first-order valence-electron chi connectivity index (χ1n) is 20.3. The molecule has 1 aromatic carbocycles. The minimum atomic E-state index is -2.20. The average Bonchev–Trinajstić information content (AvgIpc) is 3.99. The third kappa shape index (κ3) is 5.73. The van der Waals surface area contributed by atoms with Crippen LogP contribution in [0.5, 0.6) is 5.75 Å². The maximum absolute atomic E-state index is 17.7. The number of Topliss-reactive ketones (excluding diaryl/α,β-unsaturated/α-hetero) is 2.